The average molecular weight is 381 g/mol. The molecule has 28 heavy (non-hydrogen) atoms. The maximum atomic E-state index is 12.9. The smallest absolute Gasteiger partial charge is 0.262 e. The molecular formula is C20H23N5O3. The Morgan fingerprint density at radius 2 is 2.21 bits per heavy atom. The van der Waals surface area contributed by atoms with Crippen LogP contribution in [0, 0.1) is 6.92 Å². The van der Waals surface area contributed by atoms with Gasteiger partial charge in [0.25, 0.3) is 5.56 Å². The van der Waals surface area contributed by atoms with Crippen molar-refractivity contribution in [3.8, 4) is 0 Å². The van der Waals surface area contributed by atoms with E-state index in [0.29, 0.717) is 36.1 Å². The number of aliphatic hydroxyl groups is 1. The molecule has 4 heterocycles. The lowest BCUT2D eigenvalue weighted by Gasteiger charge is -2.16. The molecule has 1 fully saturated rings. The standard InChI is InChI=1S/C20H23N5O3/c1-13-2-5-21-16(10-13)23-17-11-14-3-6-25(7-8-26)20(27)18(14)19(24-17)22-15-4-9-28-12-15/h2-3,5-6,10-11,15,26H,4,7-9,12H2,1H3,(H2,21,22,23,24)/t15-/m0/s1. The van der Waals surface area contributed by atoms with Crippen LogP contribution in [0.4, 0.5) is 17.5 Å². The summed E-state index contributed by atoms with van der Waals surface area (Å²) in [7, 11) is 0. The van der Waals surface area contributed by atoms with Crippen LogP contribution in [0.1, 0.15) is 12.0 Å². The lowest BCUT2D eigenvalue weighted by molar-refractivity contribution is 0.195. The van der Waals surface area contributed by atoms with Crippen molar-refractivity contribution in [3.63, 3.8) is 0 Å². The normalized spacial score (nSPS) is 16.4. The first kappa shape index (κ1) is 18.4. The first-order valence-electron chi connectivity index (χ1n) is 9.33. The van der Waals surface area contributed by atoms with Gasteiger partial charge in [0.1, 0.15) is 17.5 Å². The van der Waals surface area contributed by atoms with Gasteiger partial charge < -0.3 is 25.0 Å². The van der Waals surface area contributed by atoms with Gasteiger partial charge in [0.2, 0.25) is 0 Å². The first-order valence-corrected chi connectivity index (χ1v) is 9.33. The van der Waals surface area contributed by atoms with Crippen molar-refractivity contribution in [1.82, 2.24) is 14.5 Å². The van der Waals surface area contributed by atoms with Gasteiger partial charge in [-0.25, -0.2) is 9.97 Å². The van der Waals surface area contributed by atoms with Gasteiger partial charge in [-0.1, -0.05) is 0 Å². The number of rotatable bonds is 6. The van der Waals surface area contributed by atoms with E-state index in [-0.39, 0.29) is 24.8 Å². The summed E-state index contributed by atoms with van der Waals surface area (Å²) in [6.07, 6.45) is 4.29. The molecule has 3 aromatic rings. The number of fused-ring (bicyclic) bond motifs is 1. The number of ether oxygens (including phenoxy) is 1. The molecule has 0 spiro atoms. The van der Waals surface area contributed by atoms with E-state index in [4.69, 9.17) is 4.74 Å². The quantitative estimate of drug-likeness (QED) is 0.601. The van der Waals surface area contributed by atoms with Crippen molar-refractivity contribution >= 4 is 28.2 Å². The Morgan fingerprint density at radius 1 is 1.32 bits per heavy atom. The minimum absolute atomic E-state index is 0.100. The molecule has 0 saturated carbocycles. The third-order valence-electron chi connectivity index (χ3n) is 4.74. The van der Waals surface area contributed by atoms with Crippen LogP contribution in [0.5, 0.6) is 0 Å². The van der Waals surface area contributed by atoms with Crippen LogP contribution in [0.3, 0.4) is 0 Å². The molecule has 0 amide bonds. The fourth-order valence-corrected chi connectivity index (χ4v) is 3.33. The van der Waals surface area contributed by atoms with Crippen molar-refractivity contribution < 1.29 is 9.84 Å². The molecule has 8 heteroatoms. The third-order valence-corrected chi connectivity index (χ3v) is 4.74. The highest BCUT2D eigenvalue weighted by Crippen LogP contribution is 2.25. The van der Waals surface area contributed by atoms with Gasteiger partial charge >= 0.3 is 0 Å². The zero-order chi connectivity index (χ0) is 19.5. The summed E-state index contributed by atoms with van der Waals surface area (Å²) in [6.45, 7) is 3.41. The molecule has 3 aromatic heterocycles. The first-order chi connectivity index (χ1) is 13.6. The average Bonchev–Trinajstić information content (AvgIpc) is 3.17. The number of aliphatic hydroxyl groups excluding tert-OH is 1. The van der Waals surface area contributed by atoms with E-state index in [1.165, 1.54) is 4.57 Å². The Morgan fingerprint density at radius 3 is 2.96 bits per heavy atom. The van der Waals surface area contributed by atoms with Crippen molar-refractivity contribution in [2.75, 3.05) is 30.5 Å². The molecule has 0 unspecified atom stereocenters. The molecule has 146 valence electrons. The summed E-state index contributed by atoms with van der Waals surface area (Å²) in [4.78, 5) is 21.9. The highest BCUT2D eigenvalue weighted by molar-refractivity contribution is 5.93. The topological polar surface area (TPSA) is 101 Å². The second kappa shape index (κ2) is 7.95. The van der Waals surface area contributed by atoms with Crippen molar-refractivity contribution in [2.24, 2.45) is 0 Å². The molecule has 1 aliphatic rings. The van der Waals surface area contributed by atoms with Crippen molar-refractivity contribution in [2.45, 2.75) is 25.9 Å². The van der Waals surface area contributed by atoms with Crippen LogP contribution in [0.15, 0.2) is 41.5 Å². The Kier molecular flexibility index (Phi) is 5.23. The van der Waals surface area contributed by atoms with E-state index in [2.05, 4.69) is 20.6 Å². The molecule has 3 N–H and O–H groups in total. The van der Waals surface area contributed by atoms with Gasteiger partial charge in [-0.05, 0) is 48.6 Å². The van der Waals surface area contributed by atoms with Crippen LogP contribution < -0.4 is 16.2 Å². The van der Waals surface area contributed by atoms with E-state index in [1.54, 1.807) is 12.4 Å². The highest BCUT2D eigenvalue weighted by Gasteiger charge is 2.19. The largest absolute Gasteiger partial charge is 0.395 e. The van der Waals surface area contributed by atoms with Crippen LogP contribution in [0.25, 0.3) is 10.8 Å². The third kappa shape index (κ3) is 3.83. The fraction of sp³-hybridized carbons (Fsp3) is 0.350. The van der Waals surface area contributed by atoms with Gasteiger partial charge in [0.15, 0.2) is 0 Å². The van der Waals surface area contributed by atoms with E-state index < -0.39 is 0 Å². The monoisotopic (exact) mass is 381 g/mol. The van der Waals surface area contributed by atoms with Crippen LogP contribution >= 0.6 is 0 Å². The van der Waals surface area contributed by atoms with Gasteiger partial charge in [-0.15, -0.1) is 0 Å². The summed E-state index contributed by atoms with van der Waals surface area (Å²) in [6, 6.07) is 7.66. The molecule has 1 aliphatic heterocycles. The zero-order valence-electron chi connectivity index (χ0n) is 15.7. The van der Waals surface area contributed by atoms with Crippen molar-refractivity contribution in [1.29, 1.82) is 0 Å². The molecule has 1 saturated heterocycles. The number of hydrogen-bond donors (Lipinski definition) is 3. The summed E-state index contributed by atoms with van der Waals surface area (Å²) < 4.78 is 6.94. The minimum atomic E-state index is -0.180. The minimum Gasteiger partial charge on any atom is -0.395 e. The van der Waals surface area contributed by atoms with E-state index >= 15 is 0 Å². The number of aromatic nitrogens is 3. The number of pyridine rings is 3. The van der Waals surface area contributed by atoms with Crippen molar-refractivity contribution in [3.05, 3.63) is 52.6 Å². The number of nitrogens with zero attached hydrogens (tertiary/aromatic N) is 3. The van der Waals surface area contributed by atoms with Gasteiger partial charge in [0, 0.05) is 25.5 Å². The lowest BCUT2D eigenvalue weighted by atomic mass is 10.1. The Bertz CT molecular complexity index is 1040. The number of nitrogens with one attached hydrogen (secondary N) is 2. The molecule has 0 aromatic carbocycles. The molecule has 8 nitrogen and oxygen atoms in total. The highest BCUT2D eigenvalue weighted by atomic mass is 16.5. The fourth-order valence-electron chi connectivity index (χ4n) is 3.33. The lowest BCUT2D eigenvalue weighted by Crippen LogP contribution is -2.25. The zero-order valence-corrected chi connectivity index (χ0v) is 15.7. The predicted molar refractivity (Wildman–Crippen MR) is 108 cm³/mol. The van der Waals surface area contributed by atoms with Crippen LogP contribution in [-0.2, 0) is 11.3 Å². The molecule has 0 radical (unpaired) electrons. The number of anilines is 3. The summed E-state index contributed by atoms with van der Waals surface area (Å²) in [5.74, 6) is 1.81. The van der Waals surface area contributed by atoms with E-state index in [9.17, 15) is 9.90 Å². The maximum Gasteiger partial charge on any atom is 0.262 e. The molecular weight excluding hydrogens is 358 g/mol. The van der Waals surface area contributed by atoms with Crippen LogP contribution in [-0.4, -0.2) is 45.5 Å². The second-order valence-electron chi connectivity index (χ2n) is 6.91. The summed E-state index contributed by atoms with van der Waals surface area (Å²) >= 11 is 0. The molecule has 0 bridgehead atoms. The second-order valence-corrected chi connectivity index (χ2v) is 6.91. The number of hydrogen-bond acceptors (Lipinski definition) is 7. The summed E-state index contributed by atoms with van der Waals surface area (Å²) in [5, 5.41) is 17.1. The van der Waals surface area contributed by atoms with Crippen LogP contribution in [0.2, 0.25) is 0 Å². The van der Waals surface area contributed by atoms with E-state index in [0.717, 1.165) is 17.4 Å². The van der Waals surface area contributed by atoms with Gasteiger partial charge in [0.05, 0.1) is 24.6 Å². The Balaban J connectivity index is 1.79. The van der Waals surface area contributed by atoms with E-state index in [1.807, 2.05) is 31.2 Å². The predicted octanol–water partition coefficient (Wildman–Crippen LogP) is 2.04. The summed E-state index contributed by atoms with van der Waals surface area (Å²) in [5.41, 5.74) is 0.910. The SMILES string of the molecule is Cc1ccnc(Nc2cc3ccn(CCO)c(=O)c3c(N[C@H]3CCOC3)n2)c1. The Labute approximate surface area is 162 Å². The number of aryl methyl sites for hydroxylation is 1. The molecule has 4 rings (SSSR count). The van der Waals surface area contributed by atoms with Gasteiger partial charge in [-0.3, -0.25) is 4.79 Å². The Hall–Kier alpha value is -2.97. The van der Waals surface area contributed by atoms with Gasteiger partial charge in [-0.2, -0.15) is 0 Å². The molecule has 0 aliphatic carbocycles. The molecule has 1 atom stereocenters. The maximum absolute atomic E-state index is 12.9.